The maximum atomic E-state index is 9.69. The highest BCUT2D eigenvalue weighted by Crippen LogP contribution is 2.41. The van der Waals surface area contributed by atoms with Gasteiger partial charge >= 0.3 is 0 Å². The molecular formula is C12H21N3O2. The van der Waals surface area contributed by atoms with Gasteiger partial charge in [0.1, 0.15) is 0 Å². The van der Waals surface area contributed by atoms with Gasteiger partial charge in [-0.25, -0.2) is 0 Å². The standard InChI is InChI=1S/C12H21N3O2/c1-15-7-11(13-14-15)6-12(8-16,9-17)10-4-2-3-5-10/h7,10,16-17H,2-6,8-9H2,1H3. The van der Waals surface area contributed by atoms with Crippen molar-refractivity contribution in [2.24, 2.45) is 18.4 Å². The molecule has 1 aromatic heterocycles. The van der Waals surface area contributed by atoms with Gasteiger partial charge in [0.2, 0.25) is 0 Å². The SMILES string of the molecule is Cn1cc(CC(CO)(CO)C2CCCC2)nn1. The number of aliphatic hydroxyl groups excluding tert-OH is 2. The summed E-state index contributed by atoms with van der Waals surface area (Å²) in [7, 11) is 1.83. The Kier molecular flexibility index (Phi) is 3.79. The third-order valence-electron chi connectivity index (χ3n) is 4.03. The zero-order valence-electron chi connectivity index (χ0n) is 10.3. The van der Waals surface area contributed by atoms with Crippen LogP contribution >= 0.6 is 0 Å². The molecule has 5 heteroatoms. The van der Waals surface area contributed by atoms with E-state index >= 15 is 0 Å². The third-order valence-corrected chi connectivity index (χ3v) is 4.03. The minimum atomic E-state index is -0.424. The second-order valence-electron chi connectivity index (χ2n) is 5.22. The molecule has 0 aliphatic heterocycles. The number of hydrogen-bond donors (Lipinski definition) is 2. The lowest BCUT2D eigenvalue weighted by atomic mass is 9.72. The number of nitrogens with zero attached hydrogens (tertiary/aromatic N) is 3. The first-order chi connectivity index (χ1) is 8.20. The maximum Gasteiger partial charge on any atom is 0.0834 e. The summed E-state index contributed by atoms with van der Waals surface area (Å²) < 4.78 is 1.66. The predicted octanol–water partition coefficient (Wildman–Crippen LogP) is 0.519. The van der Waals surface area contributed by atoms with Gasteiger partial charge in [-0.3, -0.25) is 4.68 Å². The second-order valence-corrected chi connectivity index (χ2v) is 5.22. The Morgan fingerprint density at radius 2 is 2.00 bits per heavy atom. The van der Waals surface area contributed by atoms with Crippen LogP contribution < -0.4 is 0 Å². The average Bonchev–Trinajstić information content (AvgIpc) is 2.98. The van der Waals surface area contributed by atoms with Crippen molar-refractivity contribution in [2.45, 2.75) is 32.1 Å². The van der Waals surface area contributed by atoms with Crippen LogP contribution in [0.2, 0.25) is 0 Å². The van der Waals surface area contributed by atoms with Crippen molar-refractivity contribution in [1.29, 1.82) is 0 Å². The molecule has 0 unspecified atom stereocenters. The van der Waals surface area contributed by atoms with Gasteiger partial charge in [-0.1, -0.05) is 18.1 Å². The maximum absolute atomic E-state index is 9.69. The van der Waals surface area contributed by atoms with Crippen LogP contribution in [0.15, 0.2) is 6.20 Å². The van der Waals surface area contributed by atoms with E-state index < -0.39 is 5.41 Å². The summed E-state index contributed by atoms with van der Waals surface area (Å²) in [5.41, 5.74) is 0.425. The van der Waals surface area contributed by atoms with E-state index in [0.29, 0.717) is 12.3 Å². The summed E-state index contributed by atoms with van der Waals surface area (Å²) in [5, 5.41) is 27.3. The molecule has 0 radical (unpaired) electrons. The van der Waals surface area contributed by atoms with Crippen molar-refractivity contribution >= 4 is 0 Å². The number of aromatic nitrogens is 3. The van der Waals surface area contributed by atoms with Gasteiger partial charge in [-0.05, 0) is 18.8 Å². The summed E-state index contributed by atoms with van der Waals surface area (Å²) in [5.74, 6) is 0.402. The van der Waals surface area contributed by atoms with Crippen LogP contribution in [0, 0.1) is 11.3 Å². The lowest BCUT2D eigenvalue weighted by Crippen LogP contribution is -2.39. The minimum Gasteiger partial charge on any atom is -0.396 e. The van der Waals surface area contributed by atoms with E-state index in [1.807, 2.05) is 13.2 Å². The third kappa shape index (κ3) is 2.50. The highest BCUT2D eigenvalue weighted by Gasteiger charge is 2.40. The molecular weight excluding hydrogens is 218 g/mol. The first-order valence-electron chi connectivity index (χ1n) is 6.27. The Morgan fingerprint density at radius 3 is 2.47 bits per heavy atom. The Labute approximate surface area is 101 Å². The smallest absolute Gasteiger partial charge is 0.0834 e. The summed E-state index contributed by atoms with van der Waals surface area (Å²) in [6, 6.07) is 0. The zero-order chi connectivity index (χ0) is 12.3. The molecule has 1 aliphatic carbocycles. The summed E-state index contributed by atoms with van der Waals surface area (Å²) >= 11 is 0. The van der Waals surface area contributed by atoms with Gasteiger partial charge in [0.05, 0.1) is 18.9 Å². The molecule has 96 valence electrons. The normalized spacial score (nSPS) is 17.8. The quantitative estimate of drug-likeness (QED) is 0.786. The molecule has 0 bridgehead atoms. The van der Waals surface area contributed by atoms with E-state index in [1.165, 1.54) is 12.8 Å². The van der Waals surface area contributed by atoms with Crippen molar-refractivity contribution in [3.8, 4) is 0 Å². The number of aliphatic hydroxyl groups is 2. The molecule has 5 nitrogen and oxygen atoms in total. The molecule has 0 amide bonds. The monoisotopic (exact) mass is 239 g/mol. The topological polar surface area (TPSA) is 71.2 Å². The fourth-order valence-corrected chi connectivity index (χ4v) is 2.94. The lowest BCUT2D eigenvalue weighted by Gasteiger charge is -2.35. The zero-order valence-corrected chi connectivity index (χ0v) is 10.3. The average molecular weight is 239 g/mol. The summed E-state index contributed by atoms with van der Waals surface area (Å²) in [6.45, 7) is 0.0372. The highest BCUT2D eigenvalue weighted by atomic mass is 16.3. The second kappa shape index (κ2) is 5.14. The molecule has 1 heterocycles. The van der Waals surface area contributed by atoms with Crippen molar-refractivity contribution in [3.63, 3.8) is 0 Å². The molecule has 17 heavy (non-hydrogen) atoms. The molecule has 0 spiro atoms. The first-order valence-corrected chi connectivity index (χ1v) is 6.27. The van der Waals surface area contributed by atoms with Gasteiger partial charge in [-0.15, -0.1) is 5.10 Å². The Bertz CT molecular complexity index is 354. The summed E-state index contributed by atoms with van der Waals surface area (Å²) in [6.07, 6.45) is 7.07. The molecule has 0 atom stereocenters. The van der Waals surface area contributed by atoms with Crippen molar-refractivity contribution in [3.05, 3.63) is 11.9 Å². The van der Waals surface area contributed by atoms with Crippen LogP contribution in [0.4, 0.5) is 0 Å². The predicted molar refractivity (Wildman–Crippen MR) is 63.3 cm³/mol. The van der Waals surface area contributed by atoms with E-state index in [1.54, 1.807) is 4.68 Å². The molecule has 1 saturated carbocycles. The molecule has 1 aromatic rings. The van der Waals surface area contributed by atoms with E-state index in [0.717, 1.165) is 18.5 Å². The van der Waals surface area contributed by atoms with Gasteiger partial charge in [0.25, 0.3) is 0 Å². The molecule has 0 saturated heterocycles. The van der Waals surface area contributed by atoms with Gasteiger partial charge in [0.15, 0.2) is 0 Å². The number of rotatable bonds is 5. The van der Waals surface area contributed by atoms with Crippen LogP contribution in [0.25, 0.3) is 0 Å². The molecule has 1 aliphatic rings. The van der Waals surface area contributed by atoms with Crippen LogP contribution in [0.5, 0.6) is 0 Å². The molecule has 2 rings (SSSR count). The van der Waals surface area contributed by atoms with Crippen LogP contribution in [-0.4, -0.2) is 38.4 Å². The number of hydrogen-bond acceptors (Lipinski definition) is 4. The van der Waals surface area contributed by atoms with Crippen LogP contribution in [-0.2, 0) is 13.5 Å². The van der Waals surface area contributed by atoms with Gasteiger partial charge < -0.3 is 10.2 Å². The largest absolute Gasteiger partial charge is 0.396 e. The lowest BCUT2D eigenvalue weighted by molar-refractivity contribution is 0.00494. The first kappa shape index (κ1) is 12.5. The highest BCUT2D eigenvalue weighted by molar-refractivity contribution is 5.02. The number of aryl methyl sites for hydroxylation is 1. The molecule has 0 aromatic carbocycles. The molecule has 1 fully saturated rings. The van der Waals surface area contributed by atoms with Crippen LogP contribution in [0.1, 0.15) is 31.4 Å². The van der Waals surface area contributed by atoms with Crippen molar-refractivity contribution in [2.75, 3.05) is 13.2 Å². The van der Waals surface area contributed by atoms with E-state index in [9.17, 15) is 10.2 Å². The van der Waals surface area contributed by atoms with Gasteiger partial charge in [0, 0.05) is 25.1 Å². The molecule has 2 N–H and O–H groups in total. The van der Waals surface area contributed by atoms with E-state index in [-0.39, 0.29) is 13.2 Å². The Morgan fingerprint density at radius 1 is 1.35 bits per heavy atom. The minimum absolute atomic E-state index is 0.0186. The fraction of sp³-hybridized carbons (Fsp3) is 0.833. The van der Waals surface area contributed by atoms with E-state index in [2.05, 4.69) is 10.3 Å². The van der Waals surface area contributed by atoms with E-state index in [4.69, 9.17) is 0 Å². The Hall–Kier alpha value is -0.940. The van der Waals surface area contributed by atoms with Crippen LogP contribution in [0.3, 0.4) is 0 Å². The Balaban J connectivity index is 2.15. The van der Waals surface area contributed by atoms with Crippen molar-refractivity contribution < 1.29 is 10.2 Å². The van der Waals surface area contributed by atoms with Crippen molar-refractivity contribution in [1.82, 2.24) is 15.0 Å². The fourth-order valence-electron chi connectivity index (χ4n) is 2.94. The van der Waals surface area contributed by atoms with Gasteiger partial charge in [-0.2, -0.15) is 0 Å². The summed E-state index contributed by atoms with van der Waals surface area (Å²) in [4.78, 5) is 0.